The fourth-order valence-corrected chi connectivity index (χ4v) is 2.68. The van der Waals surface area contributed by atoms with Gasteiger partial charge in [0.05, 0.1) is 16.3 Å². The van der Waals surface area contributed by atoms with E-state index in [4.69, 9.17) is 16.7 Å². The molecule has 0 fully saturated rings. The molecule has 1 heterocycles. The van der Waals surface area contributed by atoms with Crippen molar-refractivity contribution in [1.29, 1.82) is 0 Å². The molecule has 0 bridgehead atoms. The number of anilines is 1. The predicted octanol–water partition coefficient (Wildman–Crippen LogP) is 3.55. The van der Waals surface area contributed by atoms with Gasteiger partial charge in [-0.05, 0) is 30.3 Å². The largest absolute Gasteiger partial charge is 0.478 e. The maximum absolute atomic E-state index is 11.9. The van der Waals surface area contributed by atoms with Crippen LogP contribution in [0.3, 0.4) is 0 Å². The average Bonchev–Trinajstić information content (AvgIpc) is 2.48. The van der Waals surface area contributed by atoms with Gasteiger partial charge in [-0.1, -0.05) is 17.7 Å². The number of nitrogens with zero attached hydrogens (tertiary/aromatic N) is 1. The monoisotopic (exact) mass is 336 g/mol. The van der Waals surface area contributed by atoms with E-state index < -0.39 is 5.97 Å². The molecule has 7 heteroatoms. The normalized spacial score (nSPS) is 10.2. The number of halogens is 1. The topological polar surface area (TPSA) is 79.3 Å². The van der Waals surface area contributed by atoms with Gasteiger partial charge in [0.1, 0.15) is 0 Å². The van der Waals surface area contributed by atoms with E-state index in [-0.39, 0.29) is 23.6 Å². The van der Waals surface area contributed by atoms with Crippen LogP contribution in [0.15, 0.2) is 47.6 Å². The second kappa shape index (κ2) is 7.82. The first-order valence-corrected chi connectivity index (χ1v) is 7.79. The standard InChI is InChI=1S/C15H13ClN2O3S/c16-10-4-5-11(15(20)21)12(9-10)18-13(19)6-8-22-14-3-1-2-7-17-14/h1-5,7,9H,6,8H2,(H,18,19)(H,20,21). The Morgan fingerprint density at radius 3 is 2.77 bits per heavy atom. The van der Waals surface area contributed by atoms with E-state index in [1.165, 1.54) is 30.0 Å². The van der Waals surface area contributed by atoms with Crippen molar-refractivity contribution in [2.45, 2.75) is 11.4 Å². The van der Waals surface area contributed by atoms with E-state index in [0.717, 1.165) is 5.03 Å². The molecule has 0 saturated carbocycles. The molecule has 0 aliphatic heterocycles. The van der Waals surface area contributed by atoms with Gasteiger partial charge >= 0.3 is 5.97 Å². The van der Waals surface area contributed by atoms with Crippen molar-refractivity contribution in [3.63, 3.8) is 0 Å². The number of carbonyl (C=O) groups excluding carboxylic acids is 1. The van der Waals surface area contributed by atoms with Gasteiger partial charge in [-0.15, -0.1) is 11.8 Å². The molecular weight excluding hydrogens is 324 g/mol. The molecule has 1 amide bonds. The Hall–Kier alpha value is -2.05. The zero-order chi connectivity index (χ0) is 15.9. The van der Waals surface area contributed by atoms with Crippen molar-refractivity contribution >= 4 is 40.9 Å². The summed E-state index contributed by atoms with van der Waals surface area (Å²) in [7, 11) is 0. The maximum Gasteiger partial charge on any atom is 0.337 e. The summed E-state index contributed by atoms with van der Waals surface area (Å²) in [6.07, 6.45) is 1.93. The molecule has 1 aromatic carbocycles. The number of hydrogen-bond acceptors (Lipinski definition) is 4. The number of carbonyl (C=O) groups is 2. The Balaban J connectivity index is 1.92. The SMILES string of the molecule is O=C(CCSc1ccccn1)Nc1cc(Cl)ccc1C(=O)O. The maximum atomic E-state index is 11.9. The number of aromatic nitrogens is 1. The number of amides is 1. The second-order valence-corrected chi connectivity index (χ2v) is 5.86. The summed E-state index contributed by atoms with van der Waals surface area (Å²) in [6, 6.07) is 9.82. The van der Waals surface area contributed by atoms with E-state index in [2.05, 4.69) is 10.3 Å². The minimum Gasteiger partial charge on any atom is -0.478 e. The van der Waals surface area contributed by atoms with E-state index in [1.807, 2.05) is 18.2 Å². The highest BCUT2D eigenvalue weighted by molar-refractivity contribution is 7.99. The van der Waals surface area contributed by atoms with Crippen molar-refractivity contribution in [2.75, 3.05) is 11.1 Å². The molecule has 5 nitrogen and oxygen atoms in total. The molecular formula is C15H13ClN2O3S. The van der Waals surface area contributed by atoms with Crippen molar-refractivity contribution in [3.8, 4) is 0 Å². The number of rotatable bonds is 6. The van der Waals surface area contributed by atoms with Crippen LogP contribution in [0.5, 0.6) is 0 Å². The number of aromatic carboxylic acids is 1. The van der Waals surface area contributed by atoms with Gasteiger partial charge in [0, 0.05) is 23.4 Å². The first-order chi connectivity index (χ1) is 10.6. The summed E-state index contributed by atoms with van der Waals surface area (Å²) in [5.74, 6) is -0.839. The highest BCUT2D eigenvalue weighted by Crippen LogP contribution is 2.22. The van der Waals surface area contributed by atoms with E-state index in [1.54, 1.807) is 6.20 Å². The van der Waals surface area contributed by atoms with Crippen molar-refractivity contribution in [3.05, 3.63) is 53.2 Å². The van der Waals surface area contributed by atoms with Gasteiger partial charge in [-0.2, -0.15) is 0 Å². The van der Waals surface area contributed by atoms with Gasteiger partial charge in [-0.3, -0.25) is 4.79 Å². The molecule has 2 N–H and O–H groups in total. The van der Waals surface area contributed by atoms with E-state index in [0.29, 0.717) is 10.8 Å². The van der Waals surface area contributed by atoms with Crippen LogP contribution in [-0.2, 0) is 4.79 Å². The summed E-state index contributed by atoms with van der Waals surface area (Å²) in [4.78, 5) is 27.2. The zero-order valence-electron chi connectivity index (χ0n) is 11.5. The molecule has 22 heavy (non-hydrogen) atoms. The Labute approximate surface area is 136 Å². The van der Waals surface area contributed by atoms with Gasteiger partial charge in [-0.25, -0.2) is 9.78 Å². The average molecular weight is 337 g/mol. The molecule has 2 rings (SSSR count). The predicted molar refractivity (Wildman–Crippen MR) is 86.6 cm³/mol. The molecule has 0 radical (unpaired) electrons. The van der Waals surface area contributed by atoms with Gasteiger partial charge in [0.15, 0.2) is 0 Å². The highest BCUT2D eigenvalue weighted by atomic mass is 35.5. The van der Waals surface area contributed by atoms with Crippen LogP contribution in [0.25, 0.3) is 0 Å². The Morgan fingerprint density at radius 1 is 1.27 bits per heavy atom. The zero-order valence-corrected chi connectivity index (χ0v) is 13.0. The molecule has 2 aromatic rings. The number of benzene rings is 1. The number of carboxylic acids is 1. The van der Waals surface area contributed by atoms with Crippen molar-refractivity contribution in [2.24, 2.45) is 0 Å². The molecule has 0 atom stereocenters. The van der Waals surface area contributed by atoms with Gasteiger partial charge in [0.25, 0.3) is 0 Å². The Kier molecular flexibility index (Phi) is 5.80. The van der Waals surface area contributed by atoms with Crippen molar-refractivity contribution < 1.29 is 14.7 Å². The lowest BCUT2D eigenvalue weighted by Crippen LogP contribution is -2.15. The highest BCUT2D eigenvalue weighted by Gasteiger charge is 2.13. The third kappa shape index (κ3) is 4.75. The number of pyridine rings is 1. The fraction of sp³-hybridized carbons (Fsp3) is 0.133. The lowest BCUT2D eigenvalue weighted by Gasteiger charge is -2.08. The molecule has 1 aromatic heterocycles. The molecule has 0 unspecified atom stereocenters. The van der Waals surface area contributed by atoms with Crippen LogP contribution in [-0.4, -0.2) is 27.7 Å². The number of carboxylic acid groups (broad SMARTS) is 1. The van der Waals surface area contributed by atoms with Gasteiger partial charge in [0.2, 0.25) is 5.91 Å². The molecule has 0 spiro atoms. The fourth-order valence-electron chi connectivity index (χ4n) is 1.70. The molecule has 114 valence electrons. The van der Waals surface area contributed by atoms with Crippen LogP contribution in [0, 0.1) is 0 Å². The Bertz CT molecular complexity index is 680. The Morgan fingerprint density at radius 2 is 2.09 bits per heavy atom. The first-order valence-electron chi connectivity index (χ1n) is 6.43. The number of hydrogen-bond donors (Lipinski definition) is 2. The summed E-state index contributed by atoms with van der Waals surface area (Å²) in [5.41, 5.74) is 0.211. The lowest BCUT2D eigenvalue weighted by molar-refractivity contribution is -0.115. The van der Waals surface area contributed by atoms with Crippen LogP contribution < -0.4 is 5.32 Å². The van der Waals surface area contributed by atoms with Crippen LogP contribution in [0.1, 0.15) is 16.8 Å². The summed E-state index contributed by atoms with van der Waals surface area (Å²) < 4.78 is 0. The summed E-state index contributed by atoms with van der Waals surface area (Å²) >= 11 is 7.29. The van der Waals surface area contributed by atoms with Crippen LogP contribution >= 0.6 is 23.4 Å². The van der Waals surface area contributed by atoms with Gasteiger partial charge < -0.3 is 10.4 Å². The molecule has 0 aliphatic carbocycles. The molecule has 0 saturated heterocycles. The van der Waals surface area contributed by atoms with Crippen LogP contribution in [0.4, 0.5) is 5.69 Å². The molecule has 0 aliphatic rings. The van der Waals surface area contributed by atoms with Crippen LogP contribution in [0.2, 0.25) is 5.02 Å². The number of nitrogens with one attached hydrogen (secondary N) is 1. The van der Waals surface area contributed by atoms with Crippen molar-refractivity contribution in [1.82, 2.24) is 4.98 Å². The minimum absolute atomic E-state index is 0.00938. The lowest BCUT2D eigenvalue weighted by atomic mass is 10.2. The smallest absolute Gasteiger partial charge is 0.337 e. The first kappa shape index (κ1) is 16.3. The third-order valence-corrected chi connectivity index (χ3v) is 3.88. The van der Waals surface area contributed by atoms with E-state index in [9.17, 15) is 9.59 Å². The second-order valence-electron chi connectivity index (χ2n) is 4.31. The summed E-state index contributed by atoms with van der Waals surface area (Å²) in [5, 5.41) is 12.9. The number of thioether (sulfide) groups is 1. The minimum atomic E-state index is -1.12. The quantitative estimate of drug-likeness (QED) is 0.788. The summed E-state index contributed by atoms with van der Waals surface area (Å²) in [6.45, 7) is 0. The van der Waals surface area contributed by atoms with E-state index >= 15 is 0 Å². The third-order valence-electron chi connectivity index (χ3n) is 2.70.